The van der Waals surface area contributed by atoms with Gasteiger partial charge >= 0.3 is 0 Å². The third kappa shape index (κ3) is 3.08. The Balaban J connectivity index is 1.59. The summed E-state index contributed by atoms with van der Waals surface area (Å²) in [7, 11) is 1.62. The van der Waals surface area contributed by atoms with E-state index in [0.717, 1.165) is 28.4 Å². The van der Waals surface area contributed by atoms with Gasteiger partial charge in [-0.1, -0.05) is 30.3 Å². The number of para-hydroxylation sites is 2. The Morgan fingerprint density at radius 2 is 1.63 bits per heavy atom. The van der Waals surface area contributed by atoms with Crippen molar-refractivity contribution in [1.29, 1.82) is 0 Å². The average Bonchev–Trinajstić information content (AvgIpc) is 3.30. The highest BCUT2D eigenvalue weighted by Crippen LogP contribution is 2.37. The molecule has 0 aliphatic carbocycles. The molecule has 1 N–H and O–H groups in total. The summed E-state index contributed by atoms with van der Waals surface area (Å²) in [6, 6.07) is 24.9. The molecule has 0 spiro atoms. The summed E-state index contributed by atoms with van der Waals surface area (Å²) in [6.07, 6.45) is 3.35. The number of carbonyl (C=O) groups excluding carboxylic acids is 1. The summed E-state index contributed by atoms with van der Waals surface area (Å²) in [5.74, 6) is 0.678. The molecular weight excluding hydrogens is 376 g/mol. The summed E-state index contributed by atoms with van der Waals surface area (Å²) in [6.45, 7) is 0. The Labute approximate surface area is 174 Å². The fourth-order valence-electron chi connectivity index (χ4n) is 3.70. The molecule has 0 bridgehead atoms. The Morgan fingerprint density at radius 1 is 0.900 bits per heavy atom. The van der Waals surface area contributed by atoms with Gasteiger partial charge in [0.1, 0.15) is 11.9 Å². The Bertz CT molecular complexity index is 1190. The minimum Gasteiger partial charge on any atom is -0.497 e. The maximum atomic E-state index is 13.5. The van der Waals surface area contributed by atoms with E-state index in [1.54, 1.807) is 18.2 Å². The van der Waals surface area contributed by atoms with Crippen LogP contribution in [0, 0.1) is 0 Å². The summed E-state index contributed by atoms with van der Waals surface area (Å²) in [4.78, 5) is 15.2. The number of nitrogens with zero attached hydrogens (tertiary/aromatic N) is 3. The van der Waals surface area contributed by atoms with E-state index >= 15 is 0 Å². The molecule has 2 heterocycles. The van der Waals surface area contributed by atoms with Gasteiger partial charge < -0.3 is 10.1 Å². The minimum absolute atomic E-state index is 0.0630. The van der Waals surface area contributed by atoms with Crippen molar-refractivity contribution in [2.75, 3.05) is 17.3 Å². The Kier molecular flexibility index (Phi) is 4.44. The summed E-state index contributed by atoms with van der Waals surface area (Å²) >= 11 is 0. The summed E-state index contributed by atoms with van der Waals surface area (Å²) in [5.41, 5.74) is 4.07. The highest BCUT2D eigenvalue weighted by molar-refractivity contribution is 6.12. The molecule has 0 saturated carbocycles. The molecule has 1 aliphatic rings. The van der Waals surface area contributed by atoms with Crippen LogP contribution in [-0.2, 0) is 0 Å². The normalized spacial score (nSPS) is 15.4. The molecule has 1 amide bonds. The number of fused-ring (bicyclic) bond motifs is 1. The van der Waals surface area contributed by atoms with Gasteiger partial charge in [0.2, 0.25) is 0 Å². The number of rotatable bonds is 4. The average molecular weight is 396 g/mol. The molecule has 6 heteroatoms. The predicted octanol–water partition coefficient (Wildman–Crippen LogP) is 4.65. The van der Waals surface area contributed by atoms with Crippen molar-refractivity contribution < 1.29 is 9.53 Å². The first-order chi connectivity index (χ1) is 14.7. The fraction of sp³-hybridized carbons (Fsp3) is 0.0833. The monoisotopic (exact) mass is 396 g/mol. The standard InChI is InChI=1S/C24H20N4O2/c1-30-20-13-11-19(12-14-20)28-23(26-22-10-6-5-9-21(22)24(28)29)17-15-25-27(16-17)18-7-3-2-4-8-18/h2-16,23,26H,1H3. The molecule has 30 heavy (non-hydrogen) atoms. The van der Waals surface area contributed by atoms with Crippen LogP contribution in [0.3, 0.4) is 0 Å². The van der Waals surface area contributed by atoms with Gasteiger partial charge in [-0.2, -0.15) is 5.10 Å². The van der Waals surface area contributed by atoms with Crippen molar-refractivity contribution in [2.45, 2.75) is 6.17 Å². The van der Waals surface area contributed by atoms with Gasteiger partial charge in [0, 0.05) is 23.1 Å². The van der Waals surface area contributed by atoms with Crippen LogP contribution in [0.15, 0.2) is 91.3 Å². The number of benzene rings is 3. The molecule has 148 valence electrons. The van der Waals surface area contributed by atoms with E-state index in [0.29, 0.717) is 5.56 Å². The maximum Gasteiger partial charge on any atom is 0.262 e. The van der Waals surface area contributed by atoms with Crippen molar-refractivity contribution in [3.8, 4) is 11.4 Å². The molecule has 0 fully saturated rings. The van der Waals surface area contributed by atoms with Crippen molar-refractivity contribution in [3.63, 3.8) is 0 Å². The van der Waals surface area contributed by atoms with Crippen LogP contribution in [-0.4, -0.2) is 22.8 Å². The molecule has 1 unspecified atom stereocenters. The molecule has 0 saturated heterocycles. The third-order valence-corrected chi connectivity index (χ3v) is 5.22. The first kappa shape index (κ1) is 18.0. The highest BCUT2D eigenvalue weighted by atomic mass is 16.5. The van der Waals surface area contributed by atoms with Crippen LogP contribution in [0.5, 0.6) is 5.75 Å². The van der Waals surface area contributed by atoms with Gasteiger partial charge in [0.15, 0.2) is 0 Å². The second kappa shape index (κ2) is 7.40. The molecule has 4 aromatic rings. The van der Waals surface area contributed by atoms with Crippen molar-refractivity contribution >= 4 is 17.3 Å². The zero-order valence-corrected chi connectivity index (χ0v) is 16.4. The van der Waals surface area contributed by atoms with E-state index in [-0.39, 0.29) is 5.91 Å². The number of hydrogen-bond acceptors (Lipinski definition) is 4. The number of anilines is 2. The number of hydrogen-bond donors (Lipinski definition) is 1. The van der Waals surface area contributed by atoms with Crippen molar-refractivity contribution in [2.24, 2.45) is 0 Å². The van der Waals surface area contributed by atoms with E-state index in [9.17, 15) is 4.79 Å². The lowest BCUT2D eigenvalue weighted by Crippen LogP contribution is -2.43. The van der Waals surface area contributed by atoms with Gasteiger partial charge in [-0.05, 0) is 48.5 Å². The second-order valence-corrected chi connectivity index (χ2v) is 7.02. The lowest BCUT2D eigenvalue weighted by Gasteiger charge is -2.37. The smallest absolute Gasteiger partial charge is 0.262 e. The van der Waals surface area contributed by atoms with Crippen LogP contribution in [0.25, 0.3) is 5.69 Å². The third-order valence-electron chi connectivity index (χ3n) is 5.22. The Hall–Kier alpha value is -4.06. The van der Waals surface area contributed by atoms with Crippen LogP contribution in [0.4, 0.5) is 11.4 Å². The van der Waals surface area contributed by atoms with Gasteiger partial charge in [0.05, 0.1) is 24.6 Å². The van der Waals surface area contributed by atoms with E-state index < -0.39 is 6.17 Å². The molecule has 0 radical (unpaired) electrons. The molecule has 5 rings (SSSR count). The maximum absolute atomic E-state index is 13.5. The molecule has 1 atom stereocenters. The zero-order valence-electron chi connectivity index (χ0n) is 16.4. The van der Waals surface area contributed by atoms with Crippen LogP contribution < -0.4 is 15.0 Å². The fourth-order valence-corrected chi connectivity index (χ4v) is 3.70. The second-order valence-electron chi connectivity index (χ2n) is 7.02. The number of nitrogens with one attached hydrogen (secondary N) is 1. The van der Waals surface area contributed by atoms with Gasteiger partial charge in [-0.15, -0.1) is 0 Å². The number of carbonyl (C=O) groups is 1. The van der Waals surface area contributed by atoms with Crippen LogP contribution in [0.1, 0.15) is 22.1 Å². The molecule has 3 aromatic carbocycles. The van der Waals surface area contributed by atoms with E-state index in [4.69, 9.17) is 4.74 Å². The van der Waals surface area contributed by atoms with E-state index in [2.05, 4.69) is 10.4 Å². The van der Waals surface area contributed by atoms with Crippen molar-refractivity contribution in [3.05, 3.63) is 102 Å². The summed E-state index contributed by atoms with van der Waals surface area (Å²) in [5, 5.41) is 8.02. The topological polar surface area (TPSA) is 59.4 Å². The molecule has 1 aromatic heterocycles. The minimum atomic E-state index is -0.391. The number of aromatic nitrogens is 2. The van der Waals surface area contributed by atoms with Crippen LogP contribution >= 0.6 is 0 Å². The number of methoxy groups -OCH3 is 1. The van der Waals surface area contributed by atoms with Gasteiger partial charge in [-0.25, -0.2) is 4.68 Å². The lowest BCUT2D eigenvalue weighted by molar-refractivity contribution is 0.0975. The SMILES string of the molecule is COc1ccc(N2C(=O)c3ccccc3NC2c2cnn(-c3ccccc3)c2)cc1. The quantitative estimate of drug-likeness (QED) is 0.545. The Morgan fingerprint density at radius 3 is 2.40 bits per heavy atom. The number of amides is 1. The largest absolute Gasteiger partial charge is 0.497 e. The number of ether oxygens (including phenoxy) is 1. The first-order valence-corrected chi connectivity index (χ1v) is 9.68. The molecule has 1 aliphatic heterocycles. The van der Waals surface area contributed by atoms with Gasteiger partial charge in [0.25, 0.3) is 5.91 Å². The highest BCUT2D eigenvalue weighted by Gasteiger charge is 2.34. The van der Waals surface area contributed by atoms with Gasteiger partial charge in [-0.3, -0.25) is 9.69 Å². The van der Waals surface area contributed by atoms with E-state index in [1.165, 1.54) is 0 Å². The lowest BCUT2D eigenvalue weighted by atomic mass is 10.0. The first-order valence-electron chi connectivity index (χ1n) is 9.68. The van der Waals surface area contributed by atoms with E-state index in [1.807, 2.05) is 89.7 Å². The summed E-state index contributed by atoms with van der Waals surface area (Å²) < 4.78 is 7.08. The molecular formula is C24H20N4O2. The predicted molar refractivity (Wildman–Crippen MR) is 116 cm³/mol. The van der Waals surface area contributed by atoms with Crippen molar-refractivity contribution in [1.82, 2.24) is 9.78 Å². The zero-order chi connectivity index (χ0) is 20.5. The molecule has 6 nitrogen and oxygen atoms in total. The van der Waals surface area contributed by atoms with Crippen LogP contribution in [0.2, 0.25) is 0 Å².